The fraction of sp³-hybridized carbons (Fsp3) is 0.350. The number of aromatic amines is 1. The Balaban J connectivity index is 1.38. The minimum atomic E-state index is 0.536. The second-order valence-electron chi connectivity index (χ2n) is 7.13. The molecule has 1 fully saturated rings. The molecule has 0 aliphatic carbocycles. The van der Waals surface area contributed by atoms with Gasteiger partial charge < -0.3 is 14.8 Å². The van der Waals surface area contributed by atoms with Gasteiger partial charge in [0.1, 0.15) is 5.82 Å². The fourth-order valence-electron chi connectivity index (χ4n) is 3.61. The number of hydrogen-bond acceptors (Lipinski definition) is 6. The molecule has 4 heterocycles. The SMILES string of the molecule is Cn1nc(OCC2CCOCC2)c2ccc(Nc3[nH]nc4ncccc34)cc21. The summed E-state index contributed by atoms with van der Waals surface area (Å²) in [5.41, 5.74) is 2.64. The predicted octanol–water partition coefficient (Wildman–Crippen LogP) is 3.39. The number of rotatable bonds is 5. The molecule has 1 saturated heterocycles. The number of fused-ring (bicyclic) bond motifs is 2. The monoisotopic (exact) mass is 378 g/mol. The summed E-state index contributed by atoms with van der Waals surface area (Å²) in [6.45, 7) is 2.33. The van der Waals surface area contributed by atoms with Crippen LogP contribution in [-0.2, 0) is 11.8 Å². The Morgan fingerprint density at radius 2 is 2.14 bits per heavy atom. The van der Waals surface area contributed by atoms with Gasteiger partial charge >= 0.3 is 0 Å². The van der Waals surface area contributed by atoms with Gasteiger partial charge in [-0.05, 0) is 49.1 Å². The molecule has 5 rings (SSSR count). The lowest BCUT2D eigenvalue weighted by Gasteiger charge is -2.21. The van der Waals surface area contributed by atoms with E-state index in [0.717, 1.165) is 53.8 Å². The summed E-state index contributed by atoms with van der Waals surface area (Å²) in [5, 5.41) is 17.1. The molecule has 1 aliphatic rings. The molecule has 4 aromatic rings. The molecule has 0 unspecified atom stereocenters. The van der Waals surface area contributed by atoms with E-state index in [-0.39, 0.29) is 0 Å². The van der Waals surface area contributed by atoms with Gasteiger partial charge in [-0.2, -0.15) is 5.10 Å². The van der Waals surface area contributed by atoms with Crippen LogP contribution >= 0.6 is 0 Å². The molecule has 0 radical (unpaired) electrons. The van der Waals surface area contributed by atoms with Gasteiger partial charge in [0, 0.05) is 32.1 Å². The number of hydrogen-bond donors (Lipinski definition) is 2. The van der Waals surface area contributed by atoms with Crippen LogP contribution in [0.2, 0.25) is 0 Å². The molecule has 0 atom stereocenters. The average molecular weight is 378 g/mol. The van der Waals surface area contributed by atoms with Crippen molar-refractivity contribution < 1.29 is 9.47 Å². The van der Waals surface area contributed by atoms with Crippen molar-refractivity contribution in [3.63, 3.8) is 0 Å². The number of nitrogens with zero attached hydrogens (tertiary/aromatic N) is 4. The van der Waals surface area contributed by atoms with E-state index in [1.165, 1.54) is 0 Å². The molecule has 0 bridgehead atoms. The van der Waals surface area contributed by atoms with E-state index in [0.29, 0.717) is 24.1 Å². The topological polar surface area (TPSA) is 89.9 Å². The largest absolute Gasteiger partial charge is 0.476 e. The van der Waals surface area contributed by atoms with Crippen LogP contribution in [0.1, 0.15) is 12.8 Å². The van der Waals surface area contributed by atoms with Crippen molar-refractivity contribution in [3.05, 3.63) is 36.5 Å². The van der Waals surface area contributed by atoms with Gasteiger partial charge in [-0.3, -0.25) is 9.78 Å². The molecule has 8 heteroatoms. The van der Waals surface area contributed by atoms with Crippen LogP contribution in [-0.4, -0.2) is 44.8 Å². The summed E-state index contributed by atoms with van der Waals surface area (Å²) >= 11 is 0. The highest BCUT2D eigenvalue weighted by molar-refractivity contribution is 5.92. The lowest BCUT2D eigenvalue weighted by molar-refractivity contribution is 0.0492. The lowest BCUT2D eigenvalue weighted by Crippen LogP contribution is -2.21. The van der Waals surface area contributed by atoms with Gasteiger partial charge in [0.2, 0.25) is 5.88 Å². The number of benzene rings is 1. The minimum absolute atomic E-state index is 0.536. The van der Waals surface area contributed by atoms with E-state index in [2.05, 4.69) is 31.7 Å². The zero-order valence-corrected chi connectivity index (χ0v) is 15.7. The quantitative estimate of drug-likeness (QED) is 0.553. The van der Waals surface area contributed by atoms with Crippen molar-refractivity contribution >= 4 is 33.4 Å². The number of nitrogens with one attached hydrogen (secondary N) is 2. The Hall–Kier alpha value is -3.13. The van der Waals surface area contributed by atoms with E-state index >= 15 is 0 Å². The van der Waals surface area contributed by atoms with Crippen LogP contribution in [0, 0.1) is 5.92 Å². The van der Waals surface area contributed by atoms with E-state index in [4.69, 9.17) is 9.47 Å². The number of pyridine rings is 1. The fourth-order valence-corrected chi connectivity index (χ4v) is 3.61. The van der Waals surface area contributed by atoms with Crippen molar-refractivity contribution in [2.45, 2.75) is 12.8 Å². The molecular formula is C20H22N6O2. The molecule has 8 nitrogen and oxygen atoms in total. The highest BCUT2D eigenvalue weighted by atomic mass is 16.5. The van der Waals surface area contributed by atoms with Gasteiger partial charge in [-0.15, -0.1) is 5.10 Å². The molecular weight excluding hydrogens is 356 g/mol. The molecule has 2 N–H and O–H groups in total. The Bertz CT molecular complexity index is 1110. The Kier molecular flexibility index (Phi) is 4.32. The standard InChI is InChI=1S/C20H22N6O2/c1-26-17-11-14(22-19-16-3-2-8-21-18(16)23-24-19)4-5-15(17)20(25-26)28-12-13-6-9-27-10-7-13/h2-5,8,11,13H,6-7,9-10,12H2,1H3,(H2,21,22,23,24). The number of anilines is 2. The maximum absolute atomic E-state index is 6.05. The van der Waals surface area contributed by atoms with E-state index < -0.39 is 0 Å². The normalized spacial score (nSPS) is 15.3. The first kappa shape index (κ1) is 17.0. The Morgan fingerprint density at radius 3 is 3.04 bits per heavy atom. The van der Waals surface area contributed by atoms with Crippen LogP contribution < -0.4 is 10.1 Å². The summed E-state index contributed by atoms with van der Waals surface area (Å²) in [4.78, 5) is 4.25. The van der Waals surface area contributed by atoms with Gasteiger partial charge in [-0.25, -0.2) is 4.98 Å². The van der Waals surface area contributed by atoms with E-state index in [1.807, 2.05) is 36.0 Å². The smallest absolute Gasteiger partial charge is 0.240 e. The third-order valence-corrected chi connectivity index (χ3v) is 5.21. The third kappa shape index (κ3) is 3.16. The summed E-state index contributed by atoms with van der Waals surface area (Å²) in [6.07, 6.45) is 3.83. The van der Waals surface area contributed by atoms with Crippen molar-refractivity contribution in [3.8, 4) is 5.88 Å². The first-order valence-corrected chi connectivity index (χ1v) is 9.51. The summed E-state index contributed by atoms with van der Waals surface area (Å²) in [7, 11) is 1.93. The zero-order valence-electron chi connectivity index (χ0n) is 15.7. The molecule has 1 aromatic carbocycles. The summed E-state index contributed by atoms with van der Waals surface area (Å²) in [5.74, 6) is 2.04. The van der Waals surface area contributed by atoms with Crippen LogP contribution in [0.25, 0.3) is 21.9 Å². The summed E-state index contributed by atoms with van der Waals surface area (Å²) in [6, 6.07) is 10.0. The Labute approximate surface area is 161 Å². The summed E-state index contributed by atoms with van der Waals surface area (Å²) < 4.78 is 13.3. The van der Waals surface area contributed by atoms with Crippen LogP contribution in [0.5, 0.6) is 5.88 Å². The van der Waals surface area contributed by atoms with E-state index in [9.17, 15) is 0 Å². The van der Waals surface area contributed by atoms with Crippen molar-refractivity contribution in [2.24, 2.45) is 13.0 Å². The molecule has 0 spiro atoms. The Morgan fingerprint density at radius 1 is 1.25 bits per heavy atom. The van der Waals surface area contributed by atoms with Crippen molar-refractivity contribution in [2.75, 3.05) is 25.1 Å². The van der Waals surface area contributed by atoms with Crippen LogP contribution in [0.3, 0.4) is 0 Å². The highest BCUT2D eigenvalue weighted by Crippen LogP contribution is 2.30. The molecule has 28 heavy (non-hydrogen) atoms. The number of aromatic nitrogens is 5. The molecule has 144 valence electrons. The molecule has 0 saturated carbocycles. The molecule has 3 aromatic heterocycles. The van der Waals surface area contributed by atoms with E-state index in [1.54, 1.807) is 6.20 Å². The van der Waals surface area contributed by atoms with Crippen molar-refractivity contribution in [1.29, 1.82) is 0 Å². The maximum Gasteiger partial charge on any atom is 0.240 e. The van der Waals surface area contributed by atoms with Gasteiger partial charge in [0.15, 0.2) is 5.65 Å². The maximum atomic E-state index is 6.05. The minimum Gasteiger partial charge on any atom is -0.476 e. The van der Waals surface area contributed by atoms with Crippen molar-refractivity contribution in [1.82, 2.24) is 25.0 Å². The van der Waals surface area contributed by atoms with Crippen LogP contribution in [0.4, 0.5) is 11.5 Å². The second kappa shape index (κ2) is 7.12. The molecule has 1 aliphatic heterocycles. The predicted molar refractivity (Wildman–Crippen MR) is 107 cm³/mol. The molecule has 0 amide bonds. The first-order chi connectivity index (χ1) is 13.8. The third-order valence-electron chi connectivity index (χ3n) is 5.21. The number of ether oxygens (including phenoxy) is 2. The van der Waals surface area contributed by atoms with Gasteiger partial charge in [0.05, 0.1) is 22.9 Å². The lowest BCUT2D eigenvalue weighted by atomic mass is 10.0. The van der Waals surface area contributed by atoms with Gasteiger partial charge in [0.25, 0.3) is 0 Å². The zero-order chi connectivity index (χ0) is 18.9. The second-order valence-corrected chi connectivity index (χ2v) is 7.13. The first-order valence-electron chi connectivity index (χ1n) is 9.51. The number of H-pyrrole nitrogens is 1. The van der Waals surface area contributed by atoms with Gasteiger partial charge in [-0.1, -0.05) is 0 Å². The van der Waals surface area contributed by atoms with Crippen LogP contribution in [0.15, 0.2) is 36.5 Å². The highest BCUT2D eigenvalue weighted by Gasteiger charge is 2.17. The average Bonchev–Trinajstić information content (AvgIpc) is 3.28. The number of aryl methyl sites for hydroxylation is 1.